The molecule has 0 radical (unpaired) electrons. The molecule has 7 heteroatoms. The molecular weight excluding hydrogens is 376 g/mol. The van der Waals surface area contributed by atoms with E-state index in [-0.39, 0.29) is 23.0 Å². The van der Waals surface area contributed by atoms with E-state index in [1.54, 1.807) is 4.90 Å². The molecule has 0 spiro atoms. The lowest BCUT2D eigenvalue weighted by molar-refractivity contribution is -0.137. The molecule has 1 N–H and O–H groups in total. The second-order valence-corrected chi connectivity index (χ2v) is 8.49. The molecule has 1 aromatic heterocycles. The van der Waals surface area contributed by atoms with E-state index in [4.69, 9.17) is 4.42 Å². The number of thioether (sulfide) groups is 1. The third kappa shape index (κ3) is 3.86. The molecule has 2 fully saturated rings. The number of carbonyl (C=O) groups is 3. The molecular formula is C21H24N2O4S. The summed E-state index contributed by atoms with van der Waals surface area (Å²) in [5, 5.41) is 3.84. The van der Waals surface area contributed by atoms with Gasteiger partial charge in [-0.3, -0.25) is 14.9 Å². The summed E-state index contributed by atoms with van der Waals surface area (Å²) in [4.78, 5) is 38.4. The second kappa shape index (κ2) is 8.49. The Hall–Kier alpha value is -2.12. The van der Waals surface area contributed by atoms with Gasteiger partial charge in [0.05, 0.1) is 11.3 Å². The van der Waals surface area contributed by atoms with Gasteiger partial charge in [0.1, 0.15) is 29.5 Å². The predicted molar refractivity (Wildman–Crippen MR) is 108 cm³/mol. The van der Waals surface area contributed by atoms with E-state index in [0.717, 1.165) is 29.4 Å². The number of hydrogen-bond acceptors (Lipinski definition) is 6. The number of rotatable bonds is 7. The number of para-hydroxylation sites is 1. The van der Waals surface area contributed by atoms with Crippen LogP contribution in [0.15, 0.2) is 34.7 Å². The van der Waals surface area contributed by atoms with Crippen molar-refractivity contribution in [3.63, 3.8) is 0 Å². The maximum absolute atomic E-state index is 12.9. The zero-order chi connectivity index (χ0) is 19.5. The molecule has 2 aliphatic rings. The van der Waals surface area contributed by atoms with Gasteiger partial charge >= 0.3 is 0 Å². The summed E-state index contributed by atoms with van der Waals surface area (Å²) in [6.45, 7) is 0.595. The predicted octanol–water partition coefficient (Wildman–Crippen LogP) is 2.55. The maximum Gasteiger partial charge on any atom is 0.241 e. The Bertz CT molecular complexity index is 847. The van der Waals surface area contributed by atoms with Crippen molar-refractivity contribution < 1.29 is 18.8 Å². The van der Waals surface area contributed by atoms with Crippen LogP contribution in [0.25, 0.3) is 11.0 Å². The number of furan rings is 1. The molecule has 148 valence electrons. The van der Waals surface area contributed by atoms with E-state index in [9.17, 15) is 14.4 Å². The number of aryl methyl sites for hydroxylation is 1. The number of ketones is 1. The summed E-state index contributed by atoms with van der Waals surface area (Å²) < 4.78 is 5.80. The van der Waals surface area contributed by atoms with Gasteiger partial charge in [-0.1, -0.05) is 18.2 Å². The van der Waals surface area contributed by atoms with E-state index in [0.29, 0.717) is 38.1 Å². The summed E-state index contributed by atoms with van der Waals surface area (Å²) in [7, 11) is 0. The van der Waals surface area contributed by atoms with Gasteiger partial charge < -0.3 is 14.1 Å². The summed E-state index contributed by atoms with van der Waals surface area (Å²) in [6.07, 6.45) is 4.20. The minimum absolute atomic E-state index is 0.0892. The highest BCUT2D eigenvalue weighted by molar-refractivity contribution is 8.00. The van der Waals surface area contributed by atoms with Crippen molar-refractivity contribution in [2.75, 3.05) is 12.4 Å². The zero-order valence-electron chi connectivity index (χ0n) is 15.6. The van der Waals surface area contributed by atoms with E-state index < -0.39 is 6.04 Å². The number of hydrogen-bond donors (Lipinski definition) is 1. The maximum atomic E-state index is 12.9. The average molecular weight is 401 g/mol. The Balaban J connectivity index is 1.33. The van der Waals surface area contributed by atoms with Crippen LogP contribution in [-0.4, -0.2) is 52.6 Å². The summed E-state index contributed by atoms with van der Waals surface area (Å²) in [5.41, 5.74) is 0.861. The van der Waals surface area contributed by atoms with Crippen LogP contribution >= 0.6 is 11.8 Å². The van der Waals surface area contributed by atoms with E-state index in [1.165, 1.54) is 11.8 Å². The van der Waals surface area contributed by atoms with Crippen molar-refractivity contribution in [1.29, 1.82) is 0 Å². The fourth-order valence-corrected chi connectivity index (χ4v) is 5.22. The summed E-state index contributed by atoms with van der Waals surface area (Å²) >= 11 is 1.48. The highest BCUT2D eigenvalue weighted by atomic mass is 32.2. The molecule has 2 aromatic rings. The zero-order valence-corrected chi connectivity index (χ0v) is 16.5. The van der Waals surface area contributed by atoms with Crippen molar-refractivity contribution in [2.45, 2.75) is 49.4 Å². The highest BCUT2D eigenvalue weighted by Gasteiger charge is 2.42. The number of aldehydes is 1. The Morgan fingerprint density at radius 3 is 3.00 bits per heavy atom. The lowest BCUT2D eigenvalue weighted by Gasteiger charge is -2.26. The minimum Gasteiger partial charge on any atom is -0.461 e. The molecule has 6 nitrogen and oxygen atoms in total. The molecule has 2 aliphatic heterocycles. The van der Waals surface area contributed by atoms with Crippen molar-refractivity contribution in [3.05, 3.63) is 36.1 Å². The molecule has 0 saturated carbocycles. The fraction of sp³-hybridized carbons (Fsp3) is 0.476. The number of likely N-dealkylation sites (tertiary alicyclic amines) is 1. The summed E-state index contributed by atoms with van der Waals surface area (Å²) in [5.74, 6) is 1.43. The molecule has 3 heterocycles. The van der Waals surface area contributed by atoms with Gasteiger partial charge in [-0.25, -0.2) is 0 Å². The minimum atomic E-state index is -0.524. The summed E-state index contributed by atoms with van der Waals surface area (Å²) in [6, 6.07) is 9.01. The quantitative estimate of drug-likeness (QED) is 0.720. The van der Waals surface area contributed by atoms with Gasteiger partial charge in [0.25, 0.3) is 0 Å². The molecule has 4 rings (SSSR count). The van der Waals surface area contributed by atoms with Gasteiger partial charge in [0.15, 0.2) is 0 Å². The van der Waals surface area contributed by atoms with Gasteiger partial charge in [0.2, 0.25) is 5.91 Å². The Kier molecular flexibility index (Phi) is 5.82. The van der Waals surface area contributed by atoms with Crippen molar-refractivity contribution >= 4 is 40.7 Å². The topological polar surface area (TPSA) is 79.6 Å². The Morgan fingerprint density at radius 1 is 1.32 bits per heavy atom. The monoisotopic (exact) mass is 400 g/mol. The Labute approximate surface area is 168 Å². The number of carbonyl (C=O) groups excluding carboxylic acids is 3. The van der Waals surface area contributed by atoms with Crippen LogP contribution in [0, 0.1) is 0 Å². The molecule has 2 saturated heterocycles. The Morgan fingerprint density at radius 2 is 2.18 bits per heavy atom. The van der Waals surface area contributed by atoms with Crippen LogP contribution < -0.4 is 5.32 Å². The first kappa shape index (κ1) is 19.2. The van der Waals surface area contributed by atoms with Gasteiger partial charge in [-0.15, -0.1) is 11.8 Å². The third-order valence-corrected chi connectivity index (χ3v) is 6.74. The van der Waals surface area contributed by atoms with Crippen LogP contribution in [-0.2, 0) is 20.8 Å². The van der Waals surface area contributed by atoms with Gasteiger partial charge in [-0.05, 0) is 31.4 Å². The lowest BCUT2D eigenvalue weighted by Crippen LogP contribution is -2.51. The number of benzene rings is 1. The first-order valence-corrected chi connectivity index (χ1v) is 10.8. The largest absolute Gasteiger partial charge is 0.461 e. The highest BCUT2D eigenvalue weighted by Crippen LogP contribution is 2.28. The van der Waals surface area contributed by atoms with Crippen LogP contribution in [0.4, 0.5) is 0 Å². The van der Waals surface area contributed by atoms with Gasteiger partial charge in [0, 0.05) is 30.6 Å². The fourth-order valence-electron chi connectivity index (χ4n) is 4.05. The average Bonchev–Trinajstić information content (AvgIpc) is 3.45. The normalized spacial score (nSPS) is 24.7. The van der Waals surface area contributed by atoms with Crippen molar-refractivity contribution in [3.8, 4) is 0 Å². The van der Waals surface area contributed by atoms with Crippen LogP contribution in [0.5, 0.6) is 0 Å². The van der Waals surface area contributed by atoms with Crippen LogP contribution in [0.1, 0.15) is 31.4 Å². The number of fused-ring (bicyclic) bond motifs is 1. The molecule has 0 bridgehead atoms. The number of nitrogens with zero attached hydrogens (tertiary/aromatic N) is 1. The second-order valence-electron chi connectivity index (χ2n) is 7.36. The molecule has 28 heavy (non-hydrogen) atoms. The van der Waals surface area contributed by atoms with E-state index in [1.807, 2.05) is 30.3 Å². The lowest BCUT2D eigenvalue weighted by atomic mass is 10.0. The molecule has 1 unspecified atom stereocenters. The number of Topliss-reactive ketones (excluding diaryl/α,β-unsaturated/α-hetero) is 1. The van der Waals surface area contributed by atoms with Crippen LogP contribution in [0.2, 0.25) is 0 Å². The first-order valence-electron chi connectivity index (χ1n) is 9.78. The van der Waals surface area contributed by atoms with Gasteiger partial charge in [-0.2, -0.15) is 0 Å². The van der Waals surface area contributed by atoms with Crippen molar-refractivity contribution in [1.82, 2.24) is 10.2 Å². The smallest absolute Gasteiger partial charge is 0.241 e. The molecule has 3 atom stereocenters. The van der Waals surface area contributed by atoms with Crippen molar-refractivity contribution in [2.24, 2.45) is 0 Å². The molecule has 1 aromatic carbocycles. The molecule has 1 amide bonds. The first-order chi connectivity index (χ1) is 13.7. The van der Waals surface area contributed by atoms with Crippen LogP contribution in [0.3, 0.4) is 0 Å². The van der Waals surface area contributed by atoms with E-state index in [2.05, 4.69) is 5.32 Å². The standard InChI is InChI=1S/C21H24N2O4S/c24-12-15-6-4-10-23(15)21(26)19-20(28-13-22-19)17(25)8-3-7-16-11-14-5-1-2-9-18(14)27-16/h1-2,5,9,11-12,15,19-20,22H,3-4,6-8,10,13H2/t15-,19-,20?/m0/s1. The number of amides is 1. The molecule has 0 aliphatic carbocycles. The SMILES string of the molecule is O=C[C@@H]1CCCN1C(=O)[C@H]1NCSC1C(=O)CCCc1cc2ccccc2o1. The number of nitrogens with one attached hydrogen (secondary N) is 1. The third-order valence-electron chi connectivity index (χ3n) is 5.51. The van der Waals surface area contributed by atoms with E-state index >= 15 is 0 Å².